The van der Waals surface area contributed by atoms with E-state index in [1.165, 1.54) is 0 Å². The summed E-state index contributed by atoms with van der Waals surface area (Å²) in [6.45, 7) is -0.174. The lowest BCUT2D eigenvalue weighted by Gasteiger charge is -2.26. The van der Waals surface area contributed by atoms with Crippen LogP contribution in [0.25, 0.3) is 0 Å². The maximum atomic E-state index is 12.1. The van der Waals surface area contributed by atoms with Gasteiger partial charge in [-0.25, -0.2) is 0 Å². The largest absolute Gasteiger partial charge is 0.481 e. The van der Waals surface area contributed by atoms with E-state index in [4.69, 9.17) is 14.9 Å². The minimum absolute atomic E-state index is 0.00449. The minimum atomic E-state index is -4.79. The Balaban J connectivity index is 2.72. The van der Waals surface area contributed by atoms with Crippen LogP contribution in [-0.2, 0) is 9.53 Å². The lowest BCUT2D eigenvalue weighted by atomic mass is 9.81. The van der Waals surface area contributed by atoms with Crippen LogP contribution in [0.15, 0.2) is 0 Å². The van der Waals surface area contributed by atoms with Crippen molar-refractivity contribution >= 4 is 5.97 Å². The summed E-state index contributed by atoms with van der Waals surface area (Å²) in [6.07, 6.45) is -8.26. The Hall–Kier alpha value is -0.820. The number of aliphatic carboxylic acids is 1. The fourth-order valence-corrected chi connectivity index (χ4v) is 1.51. The quantitative estimate of drug-likeness (QED) is 0.749. The van der Waals surface area contributed by atoms with Gasteiger partial charge in [0.2, 0.25) is 0 Å². The van der Waals surface area contributed by atoms with Gasteiger partial charge in [0, 0.05) is 13.0 Å². The third kappa shape index (κ3) is 2.60. The van der Waals surface area contributed by atoms with Crippen molar-refractivity contribution in [2.24, 2.45) is 5.41 Å². The second kappa shape index (κ2) is 3.97. The van der Waals surface area contributed by atoms with Gasteiger partial charge in [-0.05, 0) is 6.42 Å². The summed E-state index contributed by atoms with van der Waals surface area (Å²) in [7, 11) is 0. The number of carboxylic acid groups (broad SMARTS) is 1. The van der Waals surface area contributed by atoms with Crippen molar-refractivity contribution in [2.75, 3.05) is 13.2 Å². The van der Waals surface area contributed by atoms with Gasteiger partial charge in [0.25, 0.3) is 0 Å². The number of carbonyl (C=O) groups is 1. The van der Waals surface area contributed by atoms with Crippen molar-refractivity contribution in [1.29, 1.82) is 0 Å². The fourth-order valence-electron chi connectivity index (χ4n) is 1.51. The molecule has 0 spiro atoms. The molecule has 0 aromatic carbocycles. The van der Waals surface area contributed by atoms with Gasteiger partial charge in [0.05, 0.1) is 12.0 Å². The standard InChI is InChI=1S/C8H11F3O4/c9-8(10,11)5(12)3-7(6(13)14)1-2-15-4-7/h5,12H,1-4H2,(H,13,14). The highest BCUT2D eigenvalue weighted by Gasteiger charge is 2.50. The predicted molar refractivity (Wildman–Crippen MR) is 42.2 cm³/mol. The van der Waals surface area contributed by atoms with Crippen molar-refractivity contribution in [3.05, 3.63) is 0 Å². The van der Waals surface area contributed by atoms with Crippen molar-refractivity contribution in [3.8, 4) is 0 Å². The molecular formula is C8H11F3O4. The summed E-state index contributed by atoms with van der Waals surface area (Å²) >= 11 is 0. The van der Waals surface area contributed by atoms with Gasteiger partial charge in [0.1, 0.15) is 0 Å². The Morgan fingerprint density at radius 1 is 1.53 bits per heavy atom. The summed E-state index contributed by atoms with van der Waals surface area (Å²) in [6, 6.07) is 0. The molecule has 15 heavy (non-hydrogen) atoms. The molecule has 2 atom stereocenters. The van der Waals surface area contributed by atoms with Crippen LogP contribution in [0.2, 0.25) is 0 Å². The number of ether oxygens (including phenoxy) is 1. The van der Waals surface area contributed by atoms with E-state index < -0.39 is 30.1 Å². The maximum Gasteiger partial charge on any atom is 0.414 e. The maximum absolute atomic E-state index is 12.1. The van der Waals surface area contributed by atoms with Crippen LogP contribution in [0.1, 0.15) is 12.8 Å². The number of halogens is 3. The number of hydrogen-bond acceptors (Lipinski definition) is 3. The average Bonchev–Trinajstić information content (AvgIpc) is 2.52. The number of aliphatic hydroxyl groups is 1. The molecule has 0 amide bonds. The third-order valence-corrected chi connectivity index (χ3v) is 2.52. The van der Waals surface area contributed by atoms with E-state index in [2.05, 4.69) is 0 Å². The number of hydrogen-bond donors (Lipinski definition) is 2. The molecule has 0 aromatic rings. The summed E-state index contributed by atoms with van der Waals surface area (Å²) < 4.78 is 40.9. The number of aliphatic hydroxyl groups excluding tert-OH is 1. The van der Waals surface area contributed by atoms with Gasteiger partial charge in [-0.2, -0.15) is 13.2 Å². The van der Waals surface area contributed by atoms with Crippen LogP contribution in [0.4, 0.5) is 13.2 Å². The molecule has 1 aliphatic rings. The molecule has 4 nitrogen and oxygen atoms in total. The van der Waals surface area contributed by atoms with Crippen molar-refractivity contribution in [3.63, 3.8) is 0 Å². The molecule has 1 heterocycles. The Morgan fingerprint density at radius 2 is 2.13 bits per heavy atom. The first-order valence-electron chi connectivity index (χ1n) is 4.34. The van der Waals surface area contributed by atoms with E-state index in [0.29, 0.717) is 0 Å². The lowest BCUT2D eigenvalue weighted by Crippen LogP contribution is -2.40. The van der Waals surface area contributed by atoms with Crippen LogP contribution >= 0.6 is 0 Å². The molecule has 1 saturated heterocycles. The summed E-state index contributed by atoms with van der Waals surface area (Å²) in [5.74, 6) is -1.36. The smallest absolute Gasteiger partial charge is 0.414 e. The SMILES string of the molecule is O=C(O)C1(CC(O)C(F)(F)F)CCOC1. The van der Waals surface area contributed by atoms with Crippen molar-refractivity contribution in [2.45, 2.75) is 25.1 Å². The zero-order chi connectivity index (χ0) is 11.7. The van der Waals surface area contributed by atoms with E-state index in [0.717, 1.165) is 0 Å². The van der Waals surface area contributed by atoms with E-state index in [-0.39, 0.29) is 19.6 Å². The topological polar surface area (TPSA) is 66.8 Å². The Labute approximate surface area is 83.6 Å². The first-order valence-corrected chi connectivity index (χ1v) is 4.34. The fraction of sp³-hybridized carbons (Fsp3) is 0.875. The third-order valence-electron chi connectivity index (χ3n) is 2.52. The molecule has 7 heteroatoms. The monoisotopic (exact) mass is 228 g/mol. The number of carboxylic acids is 1. The molecule has 2 N–H and O–H groups in total. The number of alkyl halides is 3. The molecule has 88 valence electrons. The average molecular weight is 228 g/mol. The molecule has 0 saturated carbocycles. The minimum Gasteiger partial charge on any atom is -0.481 e. The normalized spacial score (nSPS) is 29.1. The van der Waals surface area contributed by atoms with Crippen LogP contribution in [0.3, 0.4) is 0 Å². The van der Waals surface area contributed by atoms with Crippen LogP contribution in [0, 0.1) is 5.41 Å². The summed E-state index contributed by atoms with van der Waals surface area (Å²) in [5.41, 5.74) is -1.60. The first-order chi connectivity index (χ1) is 6.78. The summed E-state index contributed by atoms with van der Waals surface area (Å²) in [5, 5.41) is 17.6. The van der Waals surface area contributed by atoms with Gasteiger partial charge in [-0.15, -0.1) is 0 Å². The lowest BCUT2D eigenvalue weighted by molar-refractivity contribution is -0.214. The molecule has 0 aliphatic carbocycles. The molecule has 0 radical (unpaired) electrons. The first kappa shape index (κ1) is 12.3. The second-order valence-corrected chi connectivity index (χ2v) is 3.65. The molecule has 2 unspecified atom stereocenters. The van der Waals surface area contributed by atoms with Crippen LogP contribution < -0.4 is 0 Å². The molecular weight excluding hydrogens is 217 g/mol. The van der Waals surface area contributed by atoms with Gasteiger partial charge >= 0.3 is 12.1 Å². The van der Waals surface area contributed by atoms with Crippen molar-refractivity contribution in [1.82, 2.24) is 0 Å². The highest BCUT2D eigenvalue weighted by Crippen LogP contribution is 2.37. The van der Waals surface area contributed by atoms with Crippen molar-refractivity contribution < 1.29 is 32.9 Å². The molecule has 1 rings (SSSR count). The van der Waals surface area contributed by atoms with Crippen LogP contribution in [0.5, 0.6) is 0 Å². The molecule has 0 bridgehead atoms. The van der Waals surface area contributed by atoms with E-state index in [1.54, 1.807) is 0 Å². The Bertz CT molecular complexity index is 245. The Kier molecular flexibility index (Phi) is 3.25. The van der Waals surface area contributed by atoms with E-state index >= 15 is 0 Å². The Morgan fingerprint density at radius 3 is 2.47 bits per heavy atom. The molecule has 0 aromatic heterocycles. The second-order valence-electron chi connectivity index (χ2n) is 3.65. The van der Waals surface area contributed by atoms with Gasteiger partial charge in [-0.1, -0.05) is 0 Å². The zero-order valence-corrected chi connectivity index (χ0v) is 7.75. The van der Waals surface area contributed by atoms with E-state index in [9.17, 15) is 18.0 Å². The van der Waals surface area contributed by atoms with Gasteiger partial charge in [0.15, 0.2) is 6.10 Å². The molecule has 1 fully saturated rings. The van der Waals surface area contributed by atoms with E-state index in [1.807, 2.05) is 0 Å². The van der Waals surface area contributed by atoms with Gasteiger partial charge < -0.3 is 14.9 Å². The number of rotatable bonds is 3. The van der Waals surface area contributed by atoms with Crippen LogP contribution in [-0.4, -0.2) is 41.7 Å². The highest BCUT2D eigenvalue weighted by atomic mass is 19.4. The molecule has 1 aliphatic heterocycles. The zero-order valence-electron chi connectivity index (χ0n) is 7.75. The predicted octanol–water partition coefficient (Wildman–Crippen LogP) is 0.791. The summed E-state index contributed by atoms with van der Waals surface area (Å²) in [4.78, 5) is 10.8. The highest BCUT2D eigenvalue weighted by molar-refractivity contribution is 5.75. The van der Waals surface area contributed by atoms with Gasteiger partial charge in [-0.3, -0.25) is 4.79 Å².